The highest BCUT2D eigenvalue weighted by Gasteiger charge is 2.23. The summed E-state index contributed by atoms with van der Waals surface area (Å²) in [5, 5.41) is 9.18. The molecule has 0 N–H and O–H groups in total. The predicted octanol–water partition coefficient (Wildman–Crippen LogP) is 2.85. The van der Waals surface area contributed by atoms with E-state index in [4.69, 9.17) is 0 Å². The Bertz CT molecular complexity index is 634. The SMILES string of the molecule is CC1CCN(Cc2nnc(CN3CCC(C)CC3)n2-n2cccc2)CC1. The molecule has 4 rings (SSSR count). The molecule has 6 nitrogen and oxygen atoms in total. The zero-order valence-electron chi connectivity index (χ0n) is 16.2. The molecule has 0 aromatic carbocycles. The first kappa shape index (κ1) is 17.7. The van der Waals surface area contributed by atoms with Crippen LogP contribution < -0.4 is 0 Å². The van der Waals surface area contributed by atoms with Crippen LogP contribution in [0.5, 0.6) is 0 Å². The highest BCUT2D eigenvalue weighted by atomic mass is 15.5. The average molecular weight is 357 g/mol. The molecule has 2 fully saturated rings. The molecule has 2 aliphatic rings. The Morgan fingerprint density at radius 2 is 1.19 bits per heavy atom. The van der Waals surface area contributed by atoms with E-state index in [0.717, 1.165) is 36.6 Å². The molecule has 0 aliphatic carbocycles. The van der Waals surface area contributed by atoms with Gasteiger partial charge in [-0.3, -0.25) is 14.5 Å². The quantitative estimate of drug-likeness (QED) is 0.826. The van der Waals surface area contributed by atoms with E-state index in [-0.39, 0.29) is 0 Å². The largest absolute Gasteiger partial charge is 0.296 e. The van der Waals surface area contributed by atoms with Gasteiger partial charge in [-0.15, -0.1) is 10.2 Å². The molecule has 2 aromatic heterocycles. The van der Waals surface area contributed by atoms with Crippen LogP contribution in [0.3, 0.4) is 0 Å². The second-order valence-electron chi connectivity index (χ2n) is 8.32. The third-order valence-electron chi connectivity index (χ3n) is 6.07. The van der Waals surface area contributed by atoms with Crippen LogP contribution in [0, 0.1) is 11.8 Å². The Balaban J connectivity index is 1.52. The van der Waals surface area contributed by atoms with Crippen molar-refractivity contribution in [3.8, 4) is 0 Å². The Kier molecular flexibility index (Phi) is 5.41. The Labute approximate surface area is 156 Å². The smallest absolute Gasteiger partial charge is 0.167 e. The lowest BCUT2D eigenvalue weighted by Crippen LogP contribution is -2.35. The van der Waals surface area contributed by atoms with E-state index >= 15 is 0 Å². The molecule has 6 heteroatoms. The van der Waals surface area contributed by atoms with Gasteiger partial charge in [0.15, 0.2) is 11.6 Å². The Morgan fingerprint density at radius 3 is 1.62 bits per heavy atom. The monoisotopic (exact) mass is 356 g/mol. The van der Waals surface area contributed by atoms with Gasteiger partial charge in [0.25, 0.3) is 0 Å². The van der Waals surface area contributed by atoms with Crippen molar-refractivity contribution in [2.45, 2.75) is 52.6 Å². The number of hydrogen-bond donors (Lipinski definition) is 0. The molecule has 0 amide bonds. The average Bonchev–Trinajstić information content (AvgIpc) is 3.29. The van der Waals surface area contributed by atoms with Gasteiger partial charge < -0.3 is 0 Å². The second-order valence-corrected chi connectivity index (χ2v) is 8.32. The number of hydrogen-bond acceptors (Lipinski definition) is 4. The maximum Gasteiger partial charge on any atom is 0.167 e. The third kappa shape index (κ3) is 4.01. The van der Waals surface area contributed by atoms with Crippen LogP contribution in [-0.4, -0.2) is 55.5 Å². The molecule has 4 heterocycles. The summed E-state index contributed by atoms with van der Waals surface area (Å²) in [6.07, 6.45) is 9.33. The molecule has 2 saturated heterocycles. The number of likely N-dealkylation sites (tertiary alicyclic amines) is 2. The molecule has 0 radical (unpaired) electrons. The maximum atomic E-state index is 4.59. The van der Waals surface area contributed by atoms with Crippen LogP contribution in [0.15, 0.2) is 24.5 Å². The van der Waals surface area contributed by atoms with Crippen LogP contribution in [0.1, 0.15) is 51.2 Å². The lowest BCUT2D eigenvalue weighted by molar-refractivity contribution is 0.173. The van der Waals surface area contributed by atoms with Gasteiger partial charge in [0.2, 0.25) is 0 Å². The topological polar surface area (TPSA) is 42.1 Å². The van der Waals surface area contributed by atoms with Gasteiger partial charge in [-0.25, -0.2) is 4.68 Å². The highest BCUT2D eigenvalue weighted by Crippen LogP contribution is 2.20. The van der Waals surface area contributed by atoms with Gasteiger partial charge in [0.05, 0.1) is 13.1 Å². The van der Waals surface area contributed by atoms with E-state index in [9.17, 15) is 0 Å². The van der Waals surface area contributed by atoms with Crippen LogP contribution >= 0.6 is 0 Å². The van der Waals surface area contributed by atoms with Crippen LogP contribution in [-0.2, 0) is 13.1 Å². The minimum Gasteiger partial charge on any atom is -0.296 e. The predicted molar refractivity (Wildman–Crippen MR) is 103 cm³/mol. The van der Waals surface area contributed by atoms with Crippen molar-refractivity contribution in [2.24, 2.45) is 11.8 Å². The molecule has 0 bridgehead atoms. The summed E-state index contributed by atoms with van der Waals surface area (Å²) in [4.78, 5) is 5.05. The first-order chi connectivity index (χ1) is 12.7. The van der Waals surface area contributed by atoms with E-state index in [1.165, 1.54) is 51.9 Å². The Morgan fingerprint density at radius 1 is 0.769 bits per heavy atom. The van der Waals surface area contributed by atoms with Crippen molar-refractivity contribution in [3.05, 3.63) is 36.2 Å². The summed E-state index contributed by atoms with van der Waals surface area (Å²) in [6, 6.07) is 4.14. The fourth-order valence-electron chi connectivity index (χ4n) is 4.11. The molecule has 26 heavy (non-hydrogen) atoms. The number of rotatable bonds is 5. The summed E-state index contributed by atoms with van der Waals surface area (Å²) < 4.78 is 4.35. The zero-order valence-corrected chi connectivity index (χ0v) is 16.2. The van der Waals surface area contributed by atoms with Gasteiger partial charge in [-0.2, -0.15) is 0 Å². The van der Waals surface area contributed by atoms with Gasteiger partial charge in [-0.1, -0.05) is 13.8 Å². The molecule has 142 valence electrons. The normalized spacial score (nSPS) is 21.5. The van der Waals surface area contributed by atoms with Crippen molar-refractivity contribution >= 4 is 0 Å². The maximum absolute atomic E-state index is 4.59. The summed E-state index contributed by atoms with van der Waals surface area (Å²) in [6.45, 7) is 11.1. The first-order valence-corrected chi connectivity index (χ1v) is 10.2. The molecular formula is C20H32N6. The minimum atomic E-state index is 0.852. The van der Waals surface area contributed by atoms with Gasteiger partial charge in [0.1, 0.15) is 0 Å². The van der Waals surface area contributed by atoms with Crippen molar-refractivity contribution in [1.82, 2.24) is 29.3 Å². The number of piperidine rings is 2. The van der Waals surface area contributed by atoms with Gasteiger partial charge in [-0.05, 0) is 75.8 Å². The van der Waals surface area contributed by atoms with Gasteiger partial charge in [0, 0.05) is 12.4 Å². The molecule has 2 aromatic rings. The lowest BCUT2D eigenvalue weighted by atomic mass is 9.99. The van der Waals surface area contributed by atoms with E-state index in [0.29, 0.717) is 0 Å². The fourth-order valence-corrected chi connectivity index (χ4v) is 4.11. The molecular weight excluding hydrogens is 324 g/mol. The molecule has 0 saturated carbocycles. The van der Waals surface area contributed by atoms with Crippen LogP contribution in [0.25, 0.3) is 0 Å². The standard InChI is InChI=1S/C20H32N6/c1-17-5-11-23(12-6-17)15-19-21-22-20(26(19)25-9-3-4-10-25)16-24-13-7-18(2)8-14-24/h3-4,9-10,17-18H,5-8,11-16H2,1-2H3. The van der Waals surface area contributed by atoms with Crippen molar-refractivity contribution in [1.29, 1.82) is 0 Å². The molecule has 0 spiro atoms. The van der Waals surface area contributed by atoms with E-state index in [2.05, 4.69) is 67.7 Å². The summed E-state index contributed by atoms with van der Waals surface area (Å²) in [5.41, 5.74) is 0. The van der Waals surface area contributed by atoms with E-state index in [1.807, 2.05) is 0 Å². The van der Waals surface area contributed by atoms with E-state index in [1.54, 1.807) is 0 Å². The first-order valence-electron chi connectivity index (χ1n) is 10.2. The summed E-state index contributed by atoms with van der Waals surface area (Å²) in [7, 11) is 0. The minimum absolute atomic E-state index is 0.852. The molecule has 0 atom stereocenters. The van der Waals surface area contributed by atoms with Crippen molar-refractivity contribution < 1.29 is 0 Å². The molecule has 0 unspecified atom stereocenters. The summed E-state index contributed by atoms with van der Waals surface area (Å²) >= 11 is 0. The van der Waals surface area contributed by atoms with Crippen LogP contribution in [0.4, 0.5) is 0 Å². The van der Waals surface area contributed by atoms with Gasteiger partial charge >= 0.3 is 0 Å². The second kappa shape index (κ2) is 7.92. The number of nitrogens with zero attached hydrogens (tertiary/aromatic N) is 6. The summed E-state index contributed by atoms with van der Waals surface area (Å²) in [5.74, 6) is 3.81. The van der Waals surface area contributed by atoms with E-state index < -0.39 is 0 Å². The van der Waals surface area contributed by atoms with Crippen molar-refractivity contribution in [2.75, 3.05) is 26.2 Å². The lowest BCUT2D eigenvalue weighted by Gasteiger charge is -2.30. The highest BCUT2D eigenvalue weighted by molar-refractivity contribution is 5.02. The fraction of sp³-hybridized carbons (Fsp3) is 0.700. The molecule has 2 aliphatic heterocycles. The number of aromatic nitrogens is 4. The van der Waals surface area contributed by atoms with Crippen molar-refractivity contribution in [3.63, 3.8) is 0 Å². The zero-order chi connectivity index (χ0) is 17.9. The van der Waals surface area contributed by atoms with Crippen LogP contribution in [0.2, 0.25) is 0 Å². The Hall–Kier alpha value is -1.66. The third-order valence-corrected chi connectivity index (χ3v) is 6.07.